The molecule has 2 aliphatic rings. The van der Waals surface area contributed by atoms with Crippen LogP contribution in [0.2, 0.25) is 0 Å². The number of hydrogen-bond acceptors (Lipinski definition) is 4. The topological polar surface area (TPSA) is 72.5 Å². The van der Waals surface area contributed by atoms with E-state index in [1.807, 2.05) is 38.1 Å². The van der Waals surface area contributed by atoms with Crippen molar-refractivity contribution in [3.8, 4) is 0 Å². The Hall–Kier alpha value is -2.43. The van der Waals surface area contributed by atoms with Crippen molar-refractivity contribution >= 4 is 17.7 Å². The molecule has 0 aromatic heterocycles. The van der Waals surface area contributed by atoms with Crippen molar-refractivity contribution in [1.29, 1.82) is 0 Å². The summed E-state index contributed by atoms with van der Waals surface area (Å²) in [7, 11) is 1.30. The van der Waals surface area contributed by atoms with Gasteiger partial charge < -0.3 is 10.1 Å². The molecule has 24 heavy (non-hydrogen) atoms. The summed E-state index contributed by atoms with van der Waals surface area (Å²) < 4.78 is 4.82. The van der Waals surface area contributed by atoms with Crippen LogP contribution in [0.3, 0.4) is 0 Å². The molecule has 1 N–H and O–H groups in total. The van der Waals surface area contributed by atoms with E-state index in [0.29, 0.717) is 17.7 Å². The van der Waals surface area contributed by atoms with Crippen LogP contribution in [0.5, 0.6) is 0 Å². The molecule has 5 heteroatoms. The van der Waals surface area contributed by atoms with Crippen molar-refractivity contribution in [3.05, 3.63) is 46.7 Å². The average molecular weight is 327 g/mol. The Kier molecular flexibility index (Phi) is 4.26. The van der Waals surface area contributed by atoms with Crippen LogP contribution in [0.4, 0.5) is 0 Å². The van der Waals surface area contributed by atoms with Gasteiger partial charge in [0.05, 0.1) is 7.11 Å². The number of amides is 1. The summed E-state index contributed by atoms with van der Waals surface area (Å²) in [6.07, 6.45) is 0.713. The molecule has 1 aromatic carbocycles. The fourth-order valence-electron chi connectivity index (χ4n) is 3.77. The standard InChI is InChI=1S/C19H21NO4/c1-10-5-4-6-12(7-10)13-9-15(21)20-14-8-11(2)16(19(23)24-3)18(22)17(13)14/h4-7,11,13,16H,8-9H2,1-3H3,(H,20,21)/t11-,13+,16-/m0/s1. The van der Waals surface area contributed by atoms with Crippen molar-refractivity contribution < 1.29 is 19.1 Å². The maximum absolute atomic E-state index is 13.0. The molecule has 126 valence electrons. The summed E-state index contributed by atoms with van der Waals surface area (Å²) in [5, 5.41) is 2.84. The van der Waals surface area contributed by atoms with Gasteiger partial charge in [0.2, 0.25) is 5.91 Å². The number of carbonyl (C=O) groups is 3. The van der Waals surface area contributed by atoms with Crippen molar-refractivity contribution in [3.63, 3.8) is 0 Å². The van der Waals surface area contributed by atoms with Gasteiger partial charge in [-0.15, -0.1) is 0 Å². The number of nitrogens with one attached hydrogen (secondary N) is 1. The number of ketones is 1. The quantitative estimate of drug-likeness (QED) is 0.668. The highest BCUT2D eigenvalue weighted by molar-refractivity contribution is 6.11. The molecular weight excluding hydrogens is 306 g/mol. The summed E-state index contributed by atoms with van der Waals surface area (Å²) in [5.41, 5.74) is 3.23. The fourth-order valence-corrected chi connectivity index (χ4v) is 3.77. The Balaban J connectivity index is 2.08. The largest absolute Gasteiger partial charge is 0.468 e. The van der Waals surface area contributed by atoms with E-state index >= 15 is 0 Å². The molecule has 0 saturated carbocycles. The third-order valence-corrected chi connectivity index (χ3v) is 4.90. The highest BCUT2D eigenvalue weighted by atomic mass is 16.5. The number of ether oxygens (including phenoxy) is 1. The van der Waals surface area contributed by atoms with Crippen molar-refractivity contribution in [2.24, 2.45) is 11.8 Å². The minimum atomic E-state index is -0.795. The summed E-state index contributed by atoms with van der Waals surface area (Å²) in [6.45, 7) is 3.81. The molecule has 1 aliphatic heterocycles. The summed E-state index contributed by atoms with van der Waals surface area (Å²) in [6, 6.07) is 7.82. The van der Waals surface area contributed by atoms with E-state index < -0.39 is 11.9 Å². The molecule has 5 nitrogen and oxygen atoms in total. The Morgan fingerprint density at radius 1 is 1.25 bits per heavy atom. The number of aryl methyl sites for hydroxylation is 1. The van der Waals surface area contributed by atoms with E-state index in [-0.39, 0.29) is 29.9 Å². The van der Waals surface area contributed by atoms with Gasteiger partial charge in [-0.1, -0.05) is 36.8 Å². The minimum absolute atomic E-state index is 0.0863. The smallest absolute Gasteiger partial charge is 0.316 e. The van der Waals surface area contributed by atoms with Gasteiger partial charge in [-0.25, -0.2) is 0 Å². The van der Waals surface area contributed by atoms with Gasteiger partial charge in [0.15, 0.2) is 5.78 Å². The predicted molar refractivity (Wildman–Crippen MR) is 88.0 cm³/mol. The second-order valence-corrected chi connectivity index (χ2v) is 6.66. The molecule has 0 saturated heterocycles. The molecule has 0 unspecified atom stereocenters. The lowest BCUT2D eigenvalue weighted by Gasteiger charge is -2.36. The van der Waals surface area contributed by atoms with Crippen LogP contribution in [0.15, 0.2) is 35.5 Å². The number of Topliss-reactive ketones (excluding diaryl/α,β-unsaturated/α-hetero) is 1. The van der Waals surface area contributed by atoms with Gasteiger partial charge in [0.25, 0.3) is 0 Å². The Morgan fingerprint density at radius 2 is 2.00 bits per heavy atom. The van der Waals surface area contributed by atoms with Gasteiger partial charge in [-0.2, -0.15) is 0 Å². The number of esters is 1. The lowest BCUT2D eigenvalue weighted by atomic mass is 9.70. The molecule has 1 aromatic rings. The maximum atomic E-state index is 13.0. The molecular formula is C19H21NO4. The molecule has 0 spiro atoms. The first-order chi connectivity index (χ1) is 11.4. The number of rotatable bonds is 2. The van der Waals surface area contributed by atoms with E-state index in [2.05, 4.69) is 5.32 Å². The highest BCUT2D eigenvalue weighted by Gasteiger charge is 2.45. The lowest BCUT2D eigenvalue weighted by Crippen LogP contribution is -2.44. The zero-order chi connectivity index (χ0) is 17.4. The van der Waals surface area contributed by atoms with E-state index in [4.69, 9.17) is 4.74 Å². The van der Waals surface area contributed by atoms with Crippen LogP contribution in [0.1, 0.15) is 36.8 Å². The minimum Gasteiger partial charge on any atom is -0.468 e. The number of methoxy groups -OCH3 is 1. The Labute approximate surface area is 141 Å². The second-order valence-electron chi connectivity index (χ2n) is 6.66. The molecule has 1 heterocycles. The fraction of sp³-hybridized carbons (Fsp3) is 0.421. The highest BCUT2D eigenvalue weighted by Crippen LogP contribution is 2.42. The van der Waals surface area contributed by atoms with E-state index in [9.17, 15) is 14.4 Å². The van der Waals surface area contributed by atoms with Crippen LogP contribution in [0.25, 0.3) is 0 Å². The van der Waals surface area contributed by atoms with Crippen LogP contribution in [0, 0.1) is 18.8 Å². The van der Waals surface area contributed by atoms with Crippen LogP contribution < -0.4 is 5.32 Å². The van der Waals surface area contributed by atoms with Crippen LogP contribution >= 0.6 is 0 Å². The Bertz CT molecular complexity index is 749. The maximum Gasteiger partial charge on any atom is 0.316 e. The van der Waals surface area contributed by atoms with Gasteiger partial charge >= 0.3 is 5.97 Å². The first kappa shape index (κ1) is 16.4. The third kappa shape index (κ3) is 2.75. The molecule has 3 rings (SSSR count). The average Bonchev–Trinajstić information content (AvgIpc) is 2.53. The van der Waals surface area contributed by atoms with Gasteiger partial charge in [-0.3, -0.25) is 14.4 Å². The zero-order valence-electron chi connectivity index (χ0n) is 14.1. The second kappa shape index (κ2) is 6.23. The summed E-state index contributed by atoms with van der Waals surface area (Å²) in [5.74, 6) is -2.10. The van der Waals surface area contributed by atoms with Crippen molar-refractivity contribution in [2.75, 3.05) is 7.11 Å². The third-order valence-electron chi connectivity index (χ3n) is 4.90. The predicted octanol–water partition coefficient (Wildman–Crippen LogP) is 2.25. The van der Waals surface area contributed by atoms with Crippen LogP contribution in [-0.4, -0.2) is 24.8 Å². The van der Waals surface area contributed by atoms with E-state index in [1.54, 1.807) is 0 Å². The molecule has 0 fully saturated rings. The van der Waals surface area contributed by atoms with Crippen molar-refractivity contribution in [1.82, 2.24) is 5.32 Å². The Morgan fingerprint density at radius 3 is 2.67 bits per heavy atom. The van der Waals surface area contributed by atoms with Gasteiger partial charge in [0.1, 0.15) is 5.92 Å². The molecule has 1 amide bonds. The monoisotopic (exact) mass is 327 g/mol. The first-order valence-electron chi connectivity index (χ1n) is 8.14. The lowest BCUT2D eigenvalue weighted by molar-refractivity contribution is -0.151. The molecule has 0 radical (unpaired) electrons. The van der Waals surface area contributed by atoms with Gasteiger partial charge in [-0.05, 0) is 24.8 Å². The van der Waals surface area contributed by atoms with Gasteiger partial charge in [0, 0.05) is 23.6 Å². The molecule has 1 aliphatic carbocycles. The number of carbonyl (C=O) groups excluding carboxylic acids is 3. The number of hydrogen-bond donors (Lipinski definition) is 1. The normalized spacial score (nSPS) is 26.7. The summed E-state index contributed by atoms with van der Waals surface area (Å²) in [4.78, 5) is 37.2. The molecule has 3 atom stereocenters. The first-order valence-corrected chi connectivity index (χ1v) is 8.14. The van der Waals surface area contributed by atoms with Crippen molar-refractivity contribution in [2.45, 2.75) is 32.6 Å². The summed E-state index contributed by atoms with van der Waals surface area (Å²) >= 11 is 0. The number of benzene rings is 1. The van der Waals surface area contributed by atoms with Crippen LogP contribution in [-0.2, 0) is 19.1 Å². The van der Waals surface area contributed by atoms with E-state index in [0.717, 1.165) is 11.1 Å². The van der Waals surface area contributed by atoms with E-state index in [1.165, 1.54) is 7.11 Å². The zero-order valence-corrected chi connectivity index (χ0v) is 14.1. The SMILES string of the molecule is COC(=O)[C@@H]1C(=O)C2=C(C[C@@H]1C)NC(=O)C[C@@H]2c1cccc(C)c1. The molecule has 0 bridgehead atoms. The number of allylic oxidation sites excluding steroid dienone is 2.